The molecule has 2 saturated heterocycles. The zero-order valence-electron chi connectivity index (χ0n) is 13.9. The quantitative estimate of drug-likeness (QED) is 0.875. The summed E-state index contributed by atoms with van der Waals surface area (Å²) in [5.41, 5.74) is 1.20. The standard InChI is InChI=1S/C17H27N3O2S/c1-17(7-8-18-14-17)15-19-9-11-20(12-10-19)23(21,22)13-16-5-3-2-4-6-16/h2-6,18H,7-15H2,1H3. The van der Waals surface area contributed by atoms with E-state index in [9.17, 15) is 8.42 Å². The van der Waals surface area contributed by atoms with Gasteiger partial charge >= 0.3 is 0 Å². The minimum atomic E-state index is -3.21. The first-order valence-electron chi connectivity index (χ1n) is 8.42. The van der Waals surface area contributed by atoms with Crippen LogP contribution in [0, 0.1) is 5.41 Å². The molecule has 3 rings (SSSR count). The summed E-state index contributed by atoms with van der Waals surface area (Å²) in [5.74, 6) is 0.107. The summed E-state index contributed by atoms with van der Waals surface area (Å²) in [6.45, 7) is 8.45. The molecule has 1 aromatic carbocycles. The second-order valence-electron chi connectivity index (χ2n) is 7.15. The van der Waals surface area contributed by atoms with Crippen molar-refractivity contribution in [2.45, 2.75) is 19.1 Å². The molecule has 0 saturated carbocycles. The fourth-order valence-corrected chi connectivity index (χ4v) is 5.10. The molecule has 5 nitrogen and oxygen atoms in total. The van der Waals surface area contributed by atoms with E-state index in [-0.39, 0.29) is 5.75 Å². The molecule has 0 aromatic heterocycles. The van der Waals surface area contributed by atoms with Crippen molar-refractivity contribution in [3.8, 4) is 0 Å². The number of sulfonamides is 1. The van der Waals surface area contributed by atoms with Gasteiger partial charge in [-0.15, -0.1) is 0 Å². The van der Waals surface area contributed by atoms with Crippen LogP contribution in [0.3, 0.4) is 0 Å². The van der Waals surface area contributed by atoms with Gasteiger partial charge in [-0.25, -0.2) is 8.42 Å². The molecule has 1 unspecified atom stereocenters. The van der Waals surface area contributed by atoms with E-state index in [4.69, 9.17) is 0 Å². The Balaban J connectivity index is 1.53. The van der Waals surface area contributed by atoms with E-state index in [1.165, 1.54) is 6.42 Å². The molecule has 0 spiro atoms. The predicted molar refractivity (Wildman–Crippen MR) is 92.7 cm³/mol. The summed E-state index contributed by atoms with van der Waals surface area (Å²) in [6, 6.07) is 9.44. The van der Waals surface area contributed by atoms with Crippen LogP contribution in [0.15, 0.2) is 30.3 Å². The van der Waals surface area contributed by atoms with Gasteiger partial charge in [-0.3, -0.25) is 0 Å². The molecule has 2 aliphatic heterocycles. The lowest BCUT2D eigenvalue weighted by Crippen LogP contribution is -2.51. The summed E-state index contributed by atoms with van der Waals surface area (Å²) in [7, 11) is -3.21. The van der Waals surface area contributed by atoms with E-state index in [1.54, 1.807) is 4.31 Å². The Morgan fingerprint density at radius 1 is 1.13 bits per heavy atom. The highest BCUT2D eigenvalue weighted by molar-refractivity contribution is 7.88. The van der Waals surface area contributed by atoms with Crippen LogP contribution >= 0.6 is 0 Å². The molecule has 6 heteroatoms. The van der Waals surface area contributed by atoms with Crippen LogP contribution in [0.1, 0.15) is 18.9 Å². The van der Waals surface area contributed by atoms with Gasteiger partial charge in [-0.05, 0) is 23.9 Å². The highest BCUT2D eigenvalue weighted by atomic mass is 32.2. The summed E-state index contributed by atoms with van der Waals surface area (Å²) in [5, 5.41) is 3.43. The number of hydrogen-bond donors (Lipinski definition) is 1. The normalized spacial score (nSPS) is 27.3. The van der Waals surface area contributed by atoms with Crippen molar-refractivity contribution >= 4 is 10.0 Å². The summed E-state index contributed by atoms with van der Waals surface area (Å²) in [6.07, 6.45) is 1.21. The summed E-state index contributed by atoms with van der Waals surface area (Å²) >= 11 is 0. The van der Waals surface area contributed by atoms with Crippen LogP contribution in [-0.4, -0.2) is 63.4 Å². The van der Waals surface area contributed by atoms with Gasteiger partial charge in [0, 0.05) is 39.3 Å². The molecule has 2 fully saturated rings. The number of rotatable bonds is 5. The Bertz CT molecular complexity index is 604. The monoisotopic (exact) mass is 337 g/mol. The Kier molecular flexibility index (Phi) is 5.06. The zero-order chi connectivity index (χ0) is 16.3. The van der Waals surface area contributed by atoms with Crippen molar-refractivity contribution in [1.82, 2.24) is 14.5 Å². The van der Waals surface area contributed by atoms with Crippen molar-refractivity contribution in [1.29, 1.82) is 0 Å². The maximum absolute atomic E-state index is 12.6. The lowest BCUT2D eigenvalue weighted by Gasteiger charge is -2.38. The molecule has 2 heterocycles. The third-order valence-corrected chi connectivity index (χ3v) is 6.83. The van der Waals surface area contributed by atoms with Crippen molar-refractivity contribution in [3.05, 3.63) is 35.9 Å². The number of hydrogen-bond acceptors (Lipinski definition) is 4. The first kappa shape index (κ1) is 16.9. The van der Waals surface area contributed by atoms with E-state index in [2.05, 4.69) is 17.1 Å². The van der Waals surface area contributed by atoms with E-state index in [0.29, 0.717) is 18.5 Å². The topological polar surface area (TPSA) is 52.7 Å². The second kappa shape index (κ2) is 6.89. The van der Waals surface area contributed by atoms with E-state index in [1.807, 2.05) is 30.3 Å². The zero-order valence-corrected chi connectivity index (χ0v) is 14.7. The first-order chi connectivity index (χ1) is 11.0. The number of nitrogens with zero attached hydrogens (tertiary/aromatic N) is 2. The fraction of sp³-hybridized carbons (Fsp3) is 0.647. The molecule has 23 heavy (non-hydrogen) atoms. The third kappa shape index (κ3) is 4.32. The molecule has 0 amide bonds. The average Bonchev–Trinajstić information content (AvgIpc) is 2.95. The van der Waals surface area contributed by atoms with Gasteiger partial charge in [0.1, 0.15) is 0 Å². The maximum atomic E-state index is 12.6. The van der Waals surface area contributed by atoms with Crippen LogP contribution in [-0.2, 0) is 15.8 Å². The van der Waals surface area contributed by atoms with E-state index < -0.39 is 10.0 Å². The largest absolute Gasteiger partial charge is 0.316 e. The molecule has 1 N–H and O–H groups in total. The minimum Gasteiger partial charge on any atom is -0.316 e. The molecule has 0 radical (unpaired) electrons. The van der Waals surface area contributed by atoms with Crippen LogP contribution in [0.5, 0.6) is 0 Å². The predicted octanol–water partition coefficient (Wildman–Crippen LogP) is 1.13. The highest BCUT2D eigenvalue weighted by Crippen LogP contribution is 2.26. The molecule has 0 bridgehead atoms. The van der Waals surface area contributed by atoms with E-state index >= 15 is 0 Å². The molecule has 128 valence electrons. The number of benzene rings is 1. The van der Waals surface area contributed by atoms with Gasteiger partial charge in [0.2, 0.25) is 10.0 Å². The van der Waals surface area contributed by atoms with Gasteiger partial charge in [-0.1, -0.05) is 37.3 Å². The highest BCUT2D eigenvalue weighted by Gasteiger charge is 2.33. The van der Waals surface area contributed by atoms with Gasteiger partial charge in [-0.2, -0.15) is 4.31 Å². The van der Waals surface area contributed by atoms with Crippen LogP contribution in [0.25, 0.3) is 0 Å². The Hall–Kier alpha value is -0.950. The first-order valence-corrected chi connectivity index (χ1v) is 10.0. The lowest BCUT2D eigenvalue weighted by atomic mass is 9.89. The van der Waals surface area contributed by atoms with E-state index in [0.717, 1.165) is 38.3 Å². The third-order valence-electron chi connectivity index (χ3n) is 4.98. The molecule has 1 aromatic rings. The van der Waals surface area contributed by atoms with Gasteiger partial charge < -0.3 is 10.2 Å². The molecular formula is C17H27N3O2S. The van der Waals surface area contributed by atoms with Gasteiger partial charge in [0.25, 0.3) is 0 Å². The maximum Gasteiger partial charge on any atom is 0.218 e. The average molecular weight is 337 g/mol. The molecular weight excluding hydrogens is 310 g/mol. The van der Waals surface area contributed by atoms with Crippen LogP contribution < -0.4 is 5.32 Å². The Morgan fingerprint density at radius 3 is 2.43 bits per heavy atom. The number of nitrogens with one attached hydrogen (secondary N) is 1. The van der Waals surface area contributed by atoms with Crippen LogP contribution in [0.2, 0.25) is 0 Å². The second-order valence-corrected chi connectivity index (χ2v) is 9.12. The van der Waals surface area contributed by atoms with Gasteiger partial charge in [0.15, 0.2) is 0 Å². The lowest BCUT2D eigenvalue weighted by molar-refractivity contribution is 0.132. The van der Waals surface area contributed by atoms with Crippen molar-refractivity contribution < 1.29 is 8.42 Å². The minimum absolute atomic E-state index is 0.107. The van der Waals surface area contributed by atoms with Crippen molar-refractivity contribution in [2.75, 3.05) is 45.8 Å². The summed E-state index contributed by atoms with van der Waals surface area (Å²) < 4.78 is 26.8. The smallest absolute Gasteiger partial charge is 0.218 e. The number of piperazine rings is 1. The summed E-state index contributed by atoms with van der Waals surface area (Å²) in [4.78, 5) is 2.42. The molecule has 1 atom stereocenters. The Labute approximate surface area is 139 Å². The Morgan fingerprint density at radius 2 is 1.83 bits per heavy atom. The SMILES string of the molecule is CC1(CN2CCN(S(=O)(=O)Cc3ccccc3)CC2)CCNC1. The molecule has 2 aliphatic rings. The van der Waals surface area contributed by atoms with Gasteiger partial charge in [0.05, 0.1) is 5.75 Å². The van der Waals surface area contributed by atoms with Crippen LogP contribution in [0.4, 0.5) is 0 Å². The van der Waals surface area contributed by atoms with Crippen molar-refractivity contribution in [2.24, 2.45) is 5.41 Å². The fourth-order valence-electron chi connectivity index (χ4n) is 3.59. The van der Waals surface area contributed by atoms with Crippen molar-refractivity contribution in [3.63, 3.8) is 0 Å². The molecule has 0 aliphatic carbocycles.